The Labute approximate surface area is 134 Å². The predicted octanol–water partition coefficient (Wildman–Crippen LogP) is 3.13. The summed E-state index contributed by atoms with van der Waals surface area (Å²) in [5.41, 5.74) is 1.95. The molecule has 0 bridgehead atoms. The lowest BCUT2D eigenvalue weighted by atomic mass is 10.1. The standard InChI is InChI=1S/C17H29N3O2/c1-6-10-20(16(21)22-17(3,4)5)11-9-19-13-15-12-18-8-7-14(15)2/h7-8,12,19H,6,9-11,13H2,1-5H3. The second-order valence-electron chi connectivity index (χ2n) is 6.45. The van der Waals surface area contributed by atoms with E-state index in [1.807, 2.05) is 33.0 Å². The summed E-state index contributed by atoms with van der Waals surface area (Å²) in [6, 6.07) is 2.00. The molecular formula is C17H29N3O2. The number of hydrogen-bond acceptors (Lipinski definition) is 4. The van der Waals surface area contributed by atoms with Gasteiger partial charge in [0.25, 0.3) is 0 Å². The van der Waals surface area contributed by atoms with Gasteiger partial charge in [0.15, 0.2) is 0 Å². The molecule has 0 saturated carbocycles. The number of ether oxygens (including phenoxy) is 1. The van der Waals surface area contributed by atoms with Crippen molar-refractivity contribution in [3.8, 4) is 0 Å². The largest absolute Gasteiger partial charge is 0.444 e. The third-order valence-electron chi connectivity index (χ3n) is 3.17. The summed E-state index contributed by atoms with van der Waals surface area (Å²) in [5.74, 6) is 0. The number of rotatable bonds is 7. The van der Waals surface area contributed by atoms with Crippen LogP contribution in [0.15, 0.2) is 18.5 Å². The number of aromatic nitrogens is 1. The SMILES string of the molecule is CCCN(CCNCc1cnccc1C)C(=O)OC(C)(C)C. The van der Waals surface area contributed by atoms with Crippen LogP contribution in [0.1, 0.15) is 45.2 Å². The van der Waals surface area contributed by atoms with Gasteiger partial charge in [-0.2, -0.15) is 0 Å². The lowest BCUT2D eigenvalue weighted by Crippen LogP contribution is -2.40. The summed E-state index contributed by atoms with van der Waals surface area (Å²) in [5, 5.41) is 3.36. The van der Waals surface area contributed by atoms with Gasteiger partial charge >= 0.3 is 6.09 Å². The highest BCUT2D eigenvalue weighted by molar-refractivity contribution is 5.68. The number of aryl methyl sites for hydroxylation is 1. The summed E-state index contributed by atoms with van der Waals surface area (Å²) in [7, 11) is 0. The molecule has 1 rings (SSSR count). The fourth-order valence-electron chi connectivity index (χ4n) is 2.01. The van der Waals surface area contributed by atoms with Gasteiger partial charge in [-0.05, 0) is 51.3 Å². The Balaban J connectivity index is 2.41. The maximum atomic E-state index is 12.1. The lowest BCUT2D eigenvalue weighted by molar-refractivity contribution is 0.0252. The molecule has 0 radical (unpaired) electrons. The minimum absolute atomic E-state index is 0.242. The summed E-state index contributed by atoms with van der Waals surface area (Å²) in [6.45, 7) is 12.6. The van der Waals surface area contributed by atoms with E-state index >= 15 is 0 Å². The minimum atomic E-state index is -0.455. The highest BCUT2D eigenvalue weighted by Gasteiger charge is 2.21. The topological polar surface area (TPSA) is 54.5 Å². The normalized spacial score (nSPS) is 11.3. The first-order valence-electron chi connectivity index (χ1n) is 7.91. The molecule has 1 amide bonds. The van der Waals surface area contributed by atoms with Gasteiger partial charge in [0.05, 0.1) is 0 Å². The van der Waals surface area contributed by atoms with Crippen molar-refractivity contribution in [1.29, 1.82) is 0 Å². The van der Waals surface area contributed by atoms with Crippen LogP contribution >= 0.6 is 0 Å². The molecule has 0 saturated heterocycles. The van der Waals surface area contributed by atoms with Crippen molar-refractivity contribution in [1.82, 2.24) is 15.2 Å². The van der Waals surface area contributed by atoms with E-state index in [1.54, 1.807) is 11.1 Å². The van der Waals surface area contributed by atoms with Crippen LogP contribution in [0.4, 0.5) is 4.79 Å². The average molecular weight is 307 g/mol. The lowest BCUT2D eigenvalue weighted by Gasteiger charge is -2.27. The van der Waals surface area contributed by atoms with Gasteiger partial charge in [-0.3, -0.25) is 4.98 Å². The molecule has 0 aliphatic carbocycles. The maximum Gasteiger partial charge on any atom is 0.410 e. The van der Waals surface area contributed by atoms with Crippen molar-refractivity contribution < 1.29 is 9.53 Å². The molecule has 5 nitrogen and oxygen atoms in total. The molecule has 1 heterocycles. The van der Waals surface area contributed by atoms with E-state index in [0.717, 1.165) is 19.5 Å². The van der Waals surface area contributed by atoms with Crippen LogP contribution < -0.4 is 5.32 Å². The summed E-state index contributed by atoms with van der Waals surface area (Å²) in [4.78, 5) is 18.0. The number of nitrogens with zero attached hydrogens (tertiary/aromatic N) is 2. The van der Waals surface area contributed by atoms with E-state index in [4.69, 9.17) is 4.74 Å². The summed E-state index contributed by atoms with van der Waals surface area (Å²) < 4.78 is 5.44. The Bertz CT molecular complexity index is 469. The smallest absolute Gasteiger partial charge is 0.410 e. The molecule has 0 aliphatic rings. The zero-order valence-electron chi connectivity index (χ0n) is 14.5. The molecule has 0 fully saturated rings. The molecule has 0 spiro atoms. The molecular weight excluding hydrogens is 278 g/mol. The second-order valence-corrected chi connectivity index (χ2v) is 6.45. The maximum absolute atomic E-state index is 12.1. The first kappa shape index (κ1) is 18.4. The molecule has 0 atom stereocenters. The molecule has 22 heavy (non-hydrogen) atoms. The van der Waals surface area contributed by atoms with Gasteiger partial charge in [0, 0.05) is 38.6 Å². The number of hydrogen-bond donors (Lipinski definition) is 1. The van der Waals surface area contributed by atoms with Crippen LogP contribution in [0.2, 0.25) is 0 Å². The number of nitrogens with one attached hydrogen (secondary N) is 1. The van der Waals surface area contributed by atoms with Crippen molar-refractivity contribution in [3.05, 3.63) is 29.6 Å². The number of carbonyl (C=O) groups excluding carboxylic acids is 1. The third-order valence-corrected chi connectivity index (χ3v) is 3.17. The van der Waals surface area contributed by atoms with Crippen molar-refractivity contribution in [2.24, 2.45) is 0 Å². The third kappa shape index (κ3) is 6.89. The zero-order valence-corrected chi connectivity index (χ0v) is 14.5. The first-order valence-corrected chi connectivity index (χ1v) is 7.91. The monoisotopic (exact) mass is 307 g/mol. The minimum Gasteiger partial charge on any atom is -0.444 e. The van der Waals surface area contributed by atoms with Crippen LogP contribution in [-0.2, 0) is 11.3 Å². The molecule has 0 unspecified atom stereocenters. The van der Waals surface area contributed by atoms with Gasteiger partial charge < -0.3 is 15.0 Å². The molecule has 1 aromatic rings. The molecule has 124 valence electrons. The van der Waals surface area contributed by atoms with E-state index in [-0.39, 0.29) is 6.09 Å². The van der Waals surface area contributed by atoms with Gasteiger partial charge in [0.1, 0.15) is 5.60 Å². The Hall–Kier alpha value is -1.62. The fraction of sp³-hybridized carbons (Fsp3) is 0.647. The van der Waals surface area contributed by atoms with Crippen LogP contribution in [0, 0.1) is 6.92 Å². The highest BCUT2D eigenvalue weighted by Crippen LogP contribution is 2.10. The Morgan fingerprint density at radius 2 is 2.09 bits per heavy atom. The van der Waals surface area contributed by atoms with Crippen molar-refractivity contribution in [2.45, 2.75) is 53.2 Å². The van der Waals surface area contributed by atoms with Gasteiger partial charge in [0.2, 0.25) is 0 Å². The second kappa shape index (κ2) is 8.73. The van der Waals surface area contributed by atoms with Crippen LogP contribution in [0.5, 0.6) is 0 Å². The number of carbonyl (C=O) groups is 1. The van der Waals surface area contributed by atoms with Crippen molar-refractivity contribution in [2.75, 3.05) is 19.6 Å². The Morgan fingerprint density at radius 1 is 1.36 bits per heavy atom. The Morgan fingerprint density at radius 3 is 2.68 bits per heavy atom. The zero-order chi connectivity index (χ0) is 16.6. The predicted molar refractivity (Wildman–Crippen MR) is 88.8 cm³/mol. The first-order chi connectivity index (χ1) is 10.3. The van der Waals surface area contributed by atoms with Crippen LogP contribution in [0.3, 0.4) is 0 Å². The van der Waals surface area contributed by atoms with Gasteiger partial charge in [-0.1, -0.05) is 6.92 Å². The van der Waals surface area contributed by atoms with Crippen molar-refractivity contribution in [3.63, 3.8) is 0 Å². The van der Waals surface area contributed by atoms with Crippen molar-refractivity contribution >= 4 is 6.09 Å². The van der Waals surface area contributed by atoms with E-state index in [9.17, 15) is 4.79 Å². The summed E-state index contributed by atoms with van der Waals surface area (Å²) in [6.07, 6.45) is 4.35. The van der Waals surface area contributed by atoms with Gasteiger partial charge in [-0.15, -0.1) is 0 Å². The molecule has 1 N–H and O–H groups in total. The molecule has 0 aliphatic heterocycles. The van der Waals surface area contributed by atoms with E-state index in [2.05, 4.69) is 24.1 Å². The molecule has 0 aromatic carbocycles. The number of amides is 1. The number of pyridine rings is 1. The van der Waals surface area contributed by atoms with Crippen LogP contribution in [0.25, 0.3) is 0 Å². The molecule has 1 aromatic heterocycles. The van der Waals surface area contributed by atoms with Gasteiger partial charge in [-0.25, -0.2) is 4.79 Å². The molecule has 5 heteroatoms. The fourth-order valence-corrected chi connectivity index (χ4v) is 2.01. The van der Waals surface area contributed by atoms with E-state index in [1.165, 1.54) is 11.1 Å². The van der Waals surface area contributed by atoms with Crippen LogP contribution in [-0.4, -0.2) is 41.2 Å². The average Bonchev–Trinajstić information content (AvgIpc) is 2.42. The quantitative estimate of drug-likeness (QED) is 0.786. The van der Waals surface area contributed by atoms with E-state index in [0.29, 0.717) is 13.1 Å². The Kier molecular flexibility index (Phi) is 7.32. The summed E-state index contributed by atoms with van der Waals surface area (Å²) >= 11 is 0. The van der Waals surface area contributed by atoms with E-state index < -0.39 is 5.60 Å². The highest BCUT2D eigenvalue weighted by atomic mass is 16.6.